The van der Waals surface area contributed by atoms with Gasteiger partial charge in [-0.25, -0.2) is 4.98 Å². The van der Waals surface area contributed by atoms with Crippen molar-refractivity contribution < 1.29 is 0 Å². The van der Waals surface area contributed by atoms with Crippen molar-refractivity contribution in [2.24, 2.45) is 0 Å². The fourth-order valence-corrected chi connectivity index (χ4v) is 2.04. The zero-order chi connectivity index (χ0) is 12.0. The standard InChI is InChI=1S/C13H25N3/c1-5-8-12(7-3)16-10-11(4)15-13(16)14-9-6-2/h10,12H,5-9H2,1-4H3,(H,14,15). The second kappa shape index (κ2) is 6.56. The highest BCUT2D eigenvalue weighted by Crippen LogP contribution is 2.23. The first-order valence-electron chi connectivity index (χ1n) is 6.52. The molecule has 0 saturated carbocycles. The molecule has 1 aromatic heterocycles. The van der Waals surface area contributed by atoms with E-state index in [9.17, 15) is 0 Å². The predicted molar refractivity (Wildman–Crippen MR) is 70.0 cm³/mol. The van der Waals surface area contributed by atoms with E-state index in [1.54, 1.807) is 0 Å². The minimum Gasteiger partial charge on any atom is -0.356 e. The molecule has 1 unspecified atom stereocenters. The van der Waals surface area contributed by atoms with Crippen molar-refractivity contribution in [3.05, 3.63) is 11.9 Å². The Hall–Kier alpha value is -0.990. The first-order valence-corrected chi connectivity index (χ1v) is 6.52. The van der Waals surface area contributed by atoms with Crippen LogP contribution in [0, 0.1) is 6.92 Å². The lowest BCUT2D eigenvalue weighted by molar-refractivity contribution is 0.451. The Kier molecular flexibility index (Phi) is 5.36. The molecule has 0 amide bonds. The SMILES string of the molecule is CCCNc1nc(C)cn1C(CC)CCC. The van der Waals surface area contributed by atoms with Gasteiger partial charge in [-0.15, -0.1) is 0 Å². The summed E-state index contributed by atoms with van der Waals surface area (Å²) >= 11 is 0. The van der Waals surface area contributed by atoms with Crippen LogP contribution in [0.25, 0.3) is 0 Å². The molecule has 0 radical (unpaired) electrons. The van der Waals surface area contributed by atoms with E-state index in [2.05, 4.69) is 48.8 Å². The van der Waals surface area contributed by atoms with E-state index in [4.69, 9.17) is 0 Å². The summed E-state index contributed by atoms with van der Waals surface area (Å²) in [5, 5.41) is 3.41. The molecule has 92 valence electrons. The van der Waals surface area contributed by atoms with Crippen molar-refractivity contribution >= 4 is 5.95 Å². The van der Waals surface area contributed by atoms with Crippen LogP contribution in [-0.2, 0) is 0 Å². The van der Waals surface area contributed by atoms with Gasteiger partial charge in [-0.1, -0.05) is 27.2 Å². The summed E-state index contributed by atoms with van der Waals surface area (Å²) in [6, 6.07) is 0.588. The number of hydrogen-bond donors (Lipinski definition) is 1. The van der Waals surface area contributed by atoms with Gasteiger partial charge in [0.05, 0.1) is 5.69 Å². The van der Waals surface area contributed by atoms with Gasteiger partial charge in [0.1, 0.15) is 0 Å². The van der Waals surface area contributed by atoms with Crippen LogP contribution < -0.4 is 5.32 Å². The van der Waals surface area contributed by atoms with Crippen LogP contribution >= 0.6 is 0 Å². The van der Waals surface area contributed by atoms with Crippen LogP contribution in [0.5, 0.6) is 0 Å². The van der Waals surface area contributed by atoms with Gasteiger partial charge in [0.15, 0.2) is 0 Å². The molecule has 0 fully saturated rings. The highest BCUT2D eigenvalue weighted by Gasteiger charge is 2.13. The Bertz CT molecular complexity index is 304. The first kappa shape index (κ1) is 13.1. The maximum absolute atomic E-state index is 4.55. The van der Waals surface area contributed by atoms with Crippen LogP contribution in [0.4, 0.5) is 5.95 Å². The summed E-state index contributed by atoms with van der Waals surface area (Å²) in [4.78, 5) is 4.55. The molecule has 0 saturated heterocycles. The lowest BCUT2D eigenvalue weighted by Crippen LogP contribution is -2.12. The van der Waals surface area contributed by atoms with E-state index < -0.39 is 0 Å². The Morgan fingerprint density at radius 1 is 1.31 bits per heavy atom. The maximum Gasteiger partial charge on any atom is 0.203 e. The Morgan fingerprint density at radius 2 is 2.06 bits per heavy atom. The molecule has 0 aromatic carbocycles. The zero-order valence-electron chi connectivity index (χ0n) is 11.1. The number of anilines is 1. The van der Waals surface area contributed by atoms with Crippen LogP contribution in [0.2, 0.25) is 0 Å². The van der Waals surface area contributed by atoms with Crippen molar-refractivity contribution in [1.82, 2.24) is 9.55 Å². The normalized spacial score (nSPS) is 12.8. The van der Waals surface area contributed by atoms with Gasteiger partial charge in [0.2, 0.25) is 5.95 Å². The number of nitrogens with zero attached hydrogens (tertiary/aromatic N) is 2. The molecule has 0 aliphatic heterocycles. The van der Waals surface area contributed by atoms with Gasteiger partial charge in [-0.2, -0.15) is 0 Å². The fraction of sp³-hybridized carbons (Fsp3) is 0.769. The maximum atomic E-state index is 4.55. The molecule has 1 aromatic rings. The second-order valence-electron chi connectivity index (χ2n) is 4.39. The molecule has 0 aliphatic rings. The lowest BCUT2D eigenvalue weighted by atomic mass is 10.1. The third kappa shape index (κ3) is 3.26. The Balaban J connectivity index is 2.82. The molecule has 16 heavy (non-hydrogen) atoms. The number of aromatic nitrogens is 2. The van der Waals surface area contributed by atoms with E-state index in [1.807, 2.05) is 0 Å². The Labute approximate surface area is 99.3 Å². The van der Waals surface area contributed by atoms with Gasteiger partial charge >= 0.3 is 0 Å². The molecule has 0 spiro atoms. The average molecular weight is 223 g/mol. The smallest absolute Gasteiger partial charge is 0.203 e. The molecule has 1 heterocycles. The molecular weight excluding hydrogens is 198 g/mol. The van der Waals surface area contributed by atoms with Gasteiger partial charge < -0.3 is 9.88 Å². The third-order valence-electron chi connectivity index (χ3n) is 2.87. The summed E-state index contributed by atoms with van der Waals surface area (Å²) in [7, 11) is 0. The molecule has 1 N–H and O–H groups in total. The molecule has 0 bridgehead atoms. The number of rotatable bonds is 7. The summed E-state index contributed by atoms with van der Waals surface area (Å²) in [5.74, 6) is 1.04. The summed E-state index contributed by atoms with van der Waals surface area (Å²) < 4.78 is 2.31. The van der Waals surface area contributed by atoms with Crippen molar-refractivity contribution in [1.29, 1.82) is 0 Å². The van der Waals surface area contributed by atoms with Crippen molar-refractivity contribution in [2.45, 2.75) is 59.4 Å². The van der Waals surface area contributed by atoms with Gasteiger partial charge in [-0.3, -0.25) is 0 Å². The number of imidazole rings is 1. The Morgan fingerprint density at radius 3 is 2.62 bits per heavy atom. The lowest BCUT2D eigenvalue weighted by Gasteiger charge is -2.18. The number of aryl methyl sites for hydroxylation is 1. The van der Waals surface area contributed by atoms with Crippen LogP contribution in [0.15, 0.2) is 6.20 Å². The average Bonchev–Trinajstić information content (AvgIpc) is 2.64. The summed E-state index contributed by atoms with van der Waals surface area (Å²) in [6.07, 6.45) is 6.93. The minimum atomic E-state index is 0.588. The molecule has 0 aliphatic carbocycles. The zero-order valence-corrected chi connectivity index (χ0v) is 11.1. The topological polar surface area (TPSA) is 29.9 Å². The van der Waals surface area contributed by atoms with E-state index >= 15 is 0 Å². The van der Waals surface area contributed by atoms with Crippen LogP contribution in [0.1, 0.15) is 58.2 Å². The second-order valence-corrected chi connectivity index (χ2v) is 4.39. The predicted octanol–water partition coefficient (Wildman–Crippen LogP) is 3.76. The van der Waals surface area contributed by atoms with E-state index in [0.29, 0.717) is 6.04 Å². The summed E-state index contributed by atoms with van der Waals surface area (Å²) in [6.45, 7) is 9.73. The monoisotopic (exact) mass is 223 g/mol. The van der Waals surface area contributed by atoms with Crippen molar-refractivity contribution in [2.75, 3.05) is 11.9 Å². The minimum absolute atomic E-state index is 0.588. The fourth-order valence-electron chi connectivity index (χ4n) is 2.04. The van der Waals surface area contributed by atoms with E-state index in [-0.39, 0.29) is 0 Å². The highest BCUT2D eigenvalue weighted by atomic mass is 15.2. The van der Waals surface area contributed by atoms with E-state index in [1.165, 1.54) is 19.3 Å². The van der Waals surface area contributed by atoms with Gasteiger partial charge in [0.25, 0.3) is 0 Å². The van der Waals surface area contributed by atoms with Gasteiger partial charge in [0, 0.05) is 18.8 Å². The molecule has 3 heteroatoms. The largest absolute Gasteiger partial charge is 0.356 e. The quantitative estimate of drug-likeness (QED) is 0.762. The molecular formula is C13H25N3. The third-order valence-corrected chi connectivity index (χ3v) is 2.87. The summed E-state index contributed by atoms with van der Waals surface area (Å²) in [5.41, 5.74) is 1.10. The first-order chi connectivity index (χ1) is 7.72. The van der Waals surface area contributed by atoms with Crippen molar-refractivity contribution in [3.63, 3.8) is 0 Å². The van der Waals surface area contributed by atoms with Crippen LogP contribution in [0.3, 0.4) is 0 Å². The number of hydrogen-bond acceptors (Lipinski definition) is 2. The van der Waals surface area contributed by atoms with Gasteiger partial charge in [-0.05, 0) is 26.2 Å². The number of nitrogens with one attached hydrogen (secondary N) is 1. The van der Waals surface area contributed by atoms with E-state index in [0.717, 1.165) is 24.6 Å². The molecule has 3 nitrogen and oxygen atoms in total. The van der Waals surface area contributed by atoms with Crippen LogP contribution in [-0.4, -0.2) is 16.1 Å². The molecule has 1 rings (SSSR count). The molecule has 1 atom stereocenters. The van der Waals surface area contributed by atoms with Crippen molar-refractivity contribution in [3.8, 4) is 0 Å². The highest BCUT2D eigenvalue weighted by molar-refractivity contribution is 5.29.